The number of benzene rings is 1. The fourth-order valence-electron chi connectivity index (χ4n) is 1.74. The second kappa shape index (κ2) is 7.86. The van der Waals surface area contributed by atoms with E-state index in [0.29, 0.717) is 5.56 Å². The molecule has 0 fully saturated rings. The number of hydrogen-bond donors (Lipinski definition) is 1. The van der Waals surface area contributed by atoms with Gasteiger partial charge in [0.2, 0.25) is 0 Å². The molecule has 1 N–H and O–H groups in total. The van der Waals surface area contributed by atoms with Crippen LogP contribution in [0.2, 0.25) is 0 Å². The number of nitrogens with zero attached hydrogens (tertiary/aromatic N) is 1. The minimum absolute atomic E-state index is 0.207. The monoisotopic (exact) mass is 249 g/mol. The molecular weight excluding hydrogens is 229 g/mol. The summed E-state index contributed by atoms with van der Waals surface area (Å²) in [5, 5.41) is 8.71. The highest BCUT2D eigenvalue weighted by molar-refractivity contribution is 5.41. The Kier molecular flexibility index (Phi) is 6.42. The molecule has 0 saturated carbocycles. The highest BCUT2D eigenvalue weighted by Crippen LogP contribution is 2.12. The highest BCUT2D eigenvalue weighted by Gasteiger charge is 2.05. The Labute approximate surface area is 108 Å². The summed E-state index contributed by atoms with van der Waals surface area (Å²) in [7, 11) is 2.04. The molecule has 98 valence electrons. The Bertz CT molecular complexity index is 434. The summed E-state index contributed by atoms with van der Waals surface area (Å²) in [6, 6.07) is 4.64. The summed E-state index contributed by atoms with van der Waals surface area (Å²) in [6.07, 6.45) is 2.31. The minimum atomic E-state index is -0.294. The van der Waals surface area contributed by atoms with Crippen molar-refractivity contribution >= 4 is 0 Å². The number of halogens is 1. The number of aliphatic hydroxyl groups is 1. The third-order valence-electron chi connectivity index (χ3n) is 2.71. The van der Waals surface area contributed by atoms with Gasteiger partial charge in [-0.1, -0.05) is 31.3 Å². The van der Waals surface area contributed by atoms with E-state index in [4.69, 9.17) is 5.11 Å². The summed E-state index contributed by atoms with van der Waals surface area (Å²) in [6.45, 7) is 3.71. The van der Waals surface area contributed by atoms with Crippen molar-refractivity contribution in [2.75, 3.05) is 20.2 Å². The molecule has 0 amide bonds. The van der Waals surface area contributed by atoms with Gasteiger partial charge >= 0.3 is 0 Å². The predicted molar refractivity (Wildman–Crippen MR) is 71.6 cm³/mol. The first-order valence-electron chi connectivity index (χ1n) is 6.24. The maximum absolute atomic E-state index is 13.2. The number of unbranched alkanes of at least 4 members (excludes halogenated alkanes) is 1. The van der Waals surface area contributed by atoms with Gasteiger partial charge in [0.15, 0.2) is 0 Å². The van der Waals surface area contributed by atoms with Crippen LogP contribution in [-0.4, -0.2) is 30.2 Å². The van der Waals surface area contributed by atoms with Crippen LogP contribution in [0.5, 0.6) is 0 Å². The molecule has 0 atom stereocenters. The van der Waals surface area contributed by atoms with Gasteiger partial charge in [-0.25, -0.2) is 4.39 Å². The van der Waals surface area contributed by atoms with Gasteiger partial charge in [-0.3, -0.25) is 0 Å². The van der Waals surface area contributed by atoms with Crippen LogP contribution in [0.4, 0.5) is 4.39 Å². The van der Waals surface area contributed by atoms with E-state index in [1.807, 2.05) is 7.05 Å². The van der Waals surface area contributed by atoms with Crippen LogP contribution in [0.15, 0.2) is 18.2 Å². The fraction of sp³-hybridized carbons (Fsp3) is 0.467. The molecule has 2 nitrogen and oxygen atoms in total. The van der Waals surface area contributed by atoms with Gasteiger partial charge in [-0.05, 0) is 37.7 Å². The quantitative estimate of drug-likeness (QED) is 0.810. The zero-order valence-corrected chi connectivity index (χ0v) is 11.0. The normalized spacial score (nSPS) is 10.3. The van der Waals surface area contributed by atoms with Crippen molar-refractivity contribution in [2.45, 2.75) is 26.3 Å². The molecule has 1 rings (SSSR count). The molecule has 0 aliphatic carbocycles. The summed E-state index contributed by atoms with van der Waals surface area (Å²) in [4.78, 5) is 2.20. The molecule has 1 aromatic rings. The molecule has 0 aliphatic heterocycles. The van der Waals surface area contributed by atoms with Gasteiger partial charge in [0.1, 0.15) is 12.4 Å². The molecule has 0 aliphatic rings. The second-order valence-electron chi connectivity index (χ2n) is 4.35. The lowest BCUT2D eigenvalue weighted by Gasteiger charge is -2.17. The molecule has 0 unspecified atom stereocenters. The highest BCUT2D eigenvalue weighted by atomic mass is 19.1. The topological polar surface area (TPSA) is 23.5 Å². The zero-order valence-electron chi connectivity index (χ0n) is 11.0. The third kappa shape index (κ3) is 4.87. The second-order valence-corrected chi connectivity index (χ2v) is 4.35. The largest absolute Gasteiger partial charge is 0.384 e. The molecule has 0 bridgehead atoms. The van der Waals surface area contributed by atoms with Crippen molar-refractivity contribution < 1.29 is 9.50 Å². The summed E-state index contributed by atoms with van der Waals surface area (Å²) in [5.41, 5.74) is 1.66. The van der Waals surface area contributed by atoms with E-state index in [9.17, 15) is 4.39 Å². The average Bonchev–Trinajstić information content (AvgIpc) is 2.36. The Morgan fingerprint density at radius 3 is 2.83 bits per heavy atom. The first-order valence-corrected chi connectivity index (χ1v) is 6.24. The van der Waals surface area contributed by atoms with Crippen molar-refractivity contribution in [3.8, 4) is 11.8 Å². The molecule has 0 spiro atoms. The van der Waals surface area contributed by atoms with Crippen molar-refractivity contribution in [1.82, 2.24) is 4.90 Å². The van der Waals surface area contributed by atoms with E-state index in [1.165, 1.54) is 12.1 Å². The zero-order chi connectivity index (χ0) is 13.4. The minimum Gasteiger partial charge on any atom is -0.384 e. The van der Waals surface area contributed by atoms with Crippen LogP contribution >= 0.6 is 0 Å². The maximum Gasteiger partial charge on any atom is 0.124 e. The predicted octanol–water partition coefficient (Wildman–Crippen LogP) is 2.40. The lowest BCUT2D eigenvalue weighted by Crippen LogP contribution is -2.19. The molecular formula is C15H20FNO. The van der Waals surface area contributed by atoms with E-state index in [1.54, 1.807) is 6.07 Å². The molecule has 3 heteroatoms. The lowest BCUT2D eigenvalue weighted by molar-refractivity contribution is 0.320. The Hall–Kier alpha value is -1.37. The fourth-order valence-corrected chi connectivity index (χ4v) is 1.74. The third-order valence-corrected chi connectivity index (χ3v) is 2.71. The molecule has 1 aromatic carbocycles. The Balaban J connectivity index is 2.80. The average molecular weight is 249 g/mol. The standard InChI is InChI=1S/C15H20FNO/c1-3-4-9-17(2)12-14-7-8-15(16)11-13(14)6-5-10-18/h7-8,11,18H,3-4,9-10,12H2,1-2H3. The summed E-state index contributed by atoms with van der Waals surface area (Å²) >= 11 is 0. The molecule has 0 aromatic heterocycles. The van der Waals surface area contributed by atoms with Crippen molar-refractivity contribution in [3.63, 3.8) is 0 Å². The van der Waals surface area contributed by atoms with Crippen LogP contribution in [-0.2, 0) is 6.54 Å². The number of rotatable bonds is 5. The first kappa shape index (κ1) is 14.7. The van der Waals surface area contributed by atoms with Crippen molar-refractivity contribution in [2.24, 2.45) is 0 Å². The Morgan fingerprint density at radius 2 is 2.17 bits per heavy atom. The van der Waals surface area contributed by atoms with Crippen molar-refractivity contribution in [3.05, 3.63) is 35.1 Å². The lowest BCUT2D eigenvalue weighted by atomic mass is 10.1. The number of hydrogen-bond acceptors (Lipinski definition) is 2. The molecule has 0 heterocycles. The van der Waals surface area contributed by atoms with Gasteiger partial charge < -0.3 is 10.0 Å². The van der Waals surface area contributed by atoms with Gasteiger partial charge in [-0.15, -0.1) is 0 Å². The Morgan fingerprint density at radius 1 is 1.39 bits per heavy atom. The van der Waals surface area contributed by atoms with Gasteiger partial charge in [0.05, 0.1) is 0 Å². The number of aliphatic hydroxyl groups excluding tert-OH is 1. The van der Waals surface area contributed by atoms with E-state index >= 15 is 0 Å². The smallest absolute Gasteiger partial charge is 0.124 e. The van der Waals surface area contributed by atoms with E-state index in [2.05, 4.69) is 23.7 Å². The summed E-state index contributed by atoms with van der Waals surface area (Å²) in [5.74, 6) is 5.07. The van der Waals surface area contributed by atoms with E-state index in [0.717, 1.165) is 31.5 Å². The maximum atomic E-state index is 13.2. The van der Waals surface area contributed by atoms with Gasteiger partial charge in [0, 0.05) is 12.1 Å². The van der Waals surface area contributed by atoms with Gasteiger partial charge in [0.25, 0.3) is 0 Å². The van der Waals surface area contributed by atoms with Crippen LogP contribution in [0.3, 0.4) is 0 Å². The van der Waals surface area contributed by atoms with E-state index < -0.39 is 0 Å². The van der Waals surface area contributed by atoms with Crippen LogP contribution in [0.1, 0.15) is 30.9 Å². The van der Waals surface area contributed by atoms with E-state index in [-0.39, 0.29) is 12.4 Å². The summed E-state index contributed by atoms with van der Waals surface area (Å²) < 4.78 is 13.2. The first-order chi connectivity index (χ1) is 8.67. The molecule has 0 radical (unpaired) electrons. The van der Waals surface area contributed by atoms with Gasteiger partial charge in [-0.2, -0.15) is 0 Å². The SMILES string of the molecule is CCCCN(C)Cc1ccc(F)cc1C#CCO. The molecule has 18 heavy (non-hydrogen) atoms. The van der Waals surface area contributed by atoms with Crippen LogP contribution < -0.4 is 0 Å². The molecule has 0 saturated heterocycles. The van der Waals surface area contributed by atoms with Crippen LogP contribution in [0.25, 0.3) is 0 Å². The van der Waals surface area contributed by atoms with Crippen molar-refractivity contribution in [1.29, 1.82) is 0 Å². The van der Waals surface area contributed by atoms with Crippen LogP contribution in [0, 0.1) is 17.7 Å².